The van der Waals surface area contributed by atoms with Gasteiger partial charge < -0.3 is 9.47 Å². The molecule has 0 aliphatic heterocycles. The number of H-pyrrole nitrogens is 1. The molecule has 0 saturated carbocycles. The number of hydrogen-bond acceptors (Lipinski definition) is 9. The lowest BCUT2D eigenvalue weighted by Crippen LogP contribution is -2.24. The van der Waals surface area contributed by atoms with Gasteiger partial charge in [0.15, 0.2) is 11.6 Å². The molecule has 11 nitrogen and oxygen atoms in total. The number of nitro groups is 1. The Kier molecular flexibility index (Phi) is 8.06. The summed E-state index contributed by atoms with van der Waals surface area (Å²) in [5.74, 6) is 0.521. The zero-order chi connectivity index (χ0) is 23.0. The molecule has 0 fully saturated rings. The molecule has 0 spiro atoms. The van der Waals surface area contributed by atoms with E-state index in [-0.39, 0.29) is 23.0 Å². The van der Waals surface area contributed by atoms with E-state index in [4.69, 9.17) is 9.47 Å². The predicted molar refractivity (Wildman–Crippen MR) is 117 cm³/mol. The van der Waals surface area contributed by atoms with Gasteiger partial charge in [-0.25, -0.2) is 9.89 Å². The van der Waals surface area contributed by atoms with Gasteiger partial charge in [0, 0.05) is 17.0 Å². The number of aromatic nitrogens is 3. The topological polar surface area (TPSA) is 145 Å². The molecule has 2 N–H and O–H groups in total. The average Bonchev–Trinajstić information content (AvgIpc) is 2.70. The first-order valence-corrected chi connectivity index (χ1v) is 9.92. The van der Waals surface area contributed by atoms with Gasteiger partial charge in [-0.05, 0) is 12.5 Å². The van der Waals surface area contributed by atoms with E-state index < -0.39 is 16.0 Å². The van der Waals surface area contributed by atoms with Crippen LogP contribution in [0.3, 0.4) is 0 Å². The monoisotopic (exact) mass is 432 g/mol. The maximum atomic E-state index is 11.6. The zero-order valence-electron chi connectivity index (χ0n) is 18.4. The third kappa shape index (κ3) is 6.49. The standard InChI is InChI=1S/C20H28N6O5/c1-6-7-8-9-31-16-14(26(28)29)10-13(11-15(16)30-5)12-21-24-18-17(20(2,3)4)23-25-19(27)22-18/h10-12H,6-9H2,1-5H3,(H2,22,24,25,27)/b21-12+. The molecule has 0 bridgehead atoms. The number of nitrogens with one attached hydrogen (secondary N) is 2. The Balaban J connectivity index is 2.31. The van der Waals surface area contributed by atoms with Crippen molar-refractivity contribution >= 4 is 17.7 Å². The van der Waals surface area contributed by atoms with Crippen LogP contribution in [0.5, 0.6) is 11.5 Å². The minimum Gasteiger partial charge on any atom is -0.493 e. The molecule has 0 aliphatic carbocycles. The van der Waals surface area contributed by atoms with Gasteiger partial charge in [0.2, 0.25) is 5.75 Å². The highest BCUT2D eigenvalue weighted by atomic mass is 16.6. The van der Waals surface area contributed by atoms with E-state index in [1.54, 1.807) is 6.07 Å². The summed E-state index contributed by atoms with van der Waals surface area (Å²) >= 11 is 0. The Hall–Kier alpha value is -3.50. The molecule has 1 heterocycles. The van der Waals surface area contributed by atoms with Crippen LogP contribution in [0.2, 0.25) is 0 Å². The lowest BCUT2D eigenvalue weighted by molar-refractivity contribution is -0.386. The molecule has 2 rings (SSSR count). The molecule has 168 valence electrons. The normalized spacial score (nSPS) is 11.5. The van der Waals surface area contributed by atoms with Crippen molar-refractivity contribution in [1.82, 2.24) is 15.2 Å². The highest BCUT2D eigenvalue weighted by molar-refractivity contribution is 5.83. The number of nitro benzene ring substituents is 1. The van der Waals surface area contributed by atoms with Gasteiger partial charge in [-0.15, -0.1) is 0 Å². The third-order valence-corrected chi connectivity index (χ3v) is 4.26. The molecule has 1 aromatic heterocycles. The fraction of sp³-hybridized carbons (Fsp3) is 0.500. The van der Waals surface area contributed by atoms with E-state index in [9.17, 15) is 14.9 Å². The minimum atomic E-state index is -0.618. The Labute approximate surface area is 180 Å². The van der Waals surface area contributed by atoms with Crippen LogP contribution in [0.4, 0.5) is 11.5 Å². The van der Waals surface area contributed by atoms with Gasteiger partial charge in [0.05, 0.1) is 24.9 Å². The molecule has 1 aromatic carbocycles. The van der Waals surface area contributed by atoms with Crippen molar-refractivity contribution in [3.8, 4) is 11.5 Å². The van der Waals surface area contributed by atoms with Crippen molar-refractivity contribution in [2.45, 2.75) is 52.4 Å². The van der Waals surface area contributed by atoms with Gasteiger partial charge in [-0.3, -0.25) is 15.5 Å². The van der Waals surface area contributed by atoms with Crippen LogP contribution in [0.15, 0.2) is 22.0 Å². The number of benzene rings is 1. The van der Waals surface area contributed by atoms with Gasteiger partial charge >= 0.3 is 11.4 Å². The second kappa shape index (κ2) is 10.5. The lowest BCUT2D eigenvalue weighted by Gasteiger charge is -2.18. The predicted octanol–water partition coefficient (Wildman–Crippen LogP) is 3.39. The molecule has 0 aliphatic rings. The van der Waals surface area contributed by atoms with Gasteiger partial charge in [0.1, 0.15) is 5.69 Å². The van der Waals surface area contributed by atoms with Crippen LogP contribution in [0.1, 0.15) is 58.2 Å². The smallest absolute Gasteiger partial charge is 0.363 e. The molecule has 0 atom stereocenters. The summed E-state index contributed by atoms with van der Waals surface area (Å²) in [6.45, 7) is 8.16. The van der Waals surface area contributed by atoms with Crippen LogP contribution in [-0.2, 0) is 5.41 Å². The number of aromatic amines is 1. The largest absolute Gasteiger partial charge is 0.493 e. The minimum absolute atomic E-state index is 0.0872. The molecule has 0 radical (unpaired) electrons. The second-order valence-electron chi connectivity index (χ2n) is 7.84. The Morgan fingerprint density at radius 1 is 1.32 bits per heavy atom. The van der Waals surface area contributed by atoms with E-state index in [2.05, 4.69) is 32.6 Å². The van der Waals surface area contributed by atoms with Crippen molar-refractivity contribution in [2.24, 2.45) is 5.10 Å². The quantitative estimate of drug-likeness (QED) is 0.251. The maximum absolute atomic E-state index is 11.6. The molecule has 0 unspecified atom stereocenters. The summed E-state index contributed by atoms with van der Waals surface area (Å²) in [5.41, 5.74) is 2.39. The molecule has 0 amide bonds. The average molecular weight is 432 g/mol. The fourth-order valence-corrected chi connectivity index (χ4v) is 2.75. The summed E-state index contributed by atoms with van der Waals surface area (Å²) in [4.78, 5) is 26.5. The van der Waals surface area contributed by atoms with E-state index in [0.29, 0.717) is 17.9 Å². The van der Waals surface area contributed by atoms with Crippen LogP contribution in [-0.4, -0.2) is 40.0 Å². The Morgan fingerprint density at radius 3 is 2.68 bits per heavy atom. The number of nitrogens with zero attached hydrogens (tertiary/aromatic N) is 4. The number of hydrogen-bond donors (Lipinski definition) is 2. The number of anilines is 1. The van der Waals surface area contributed by atoms with Crippen LogP contribution in [0, 0.1) is 10.1 Å². The number of hydrazone groups is 1. The fourth-order valence-electron chi connectivity index (χ4n) is 2.75. The number of unbranched alkanes of at least 4 members (excludes halogenated alkanes) is 2. The van der Waals surface area contributed by atoms with Crippen molar-refractivity contribution in [3.63, 3.8) is 0 Å². The first kappa shape index (κ1) is 23.8. The Bertz CT molecular complexity index is 997. The van der Waals surface area contributed by atoms with E-state index in [0.717, 1.165) is 19.3 Å². The molecular formula is C20H28N6O5. The lowest BCUT2D eigenvalue weighted by atomic mass is 9.92. The van der Waals surface area contributed by atoms with Crippen LogP contribution in [0.25, 0.3) is 0 Å². The van der Waals surface area contributed by atoms with Crippen LogP contribution < -0.4 is 20.6 Å². The SMILES string of the molecule is CCCCCOc1c(OC)cc(/C=N/Nc2nc(=O)[nH]nc2C(C)(C)C)cc1[N+](=O)[O-]. The molecule has 11 heteroatoms. The summed E-state index contributed by atoms with van der Waals surface area (Å²) in [5, 5.41) is 22.0. The first-order chi connectivity index (χ1) is 14.7. The molecule has 31 heavy (non-hydrogen) atoms. The Morgan fingerprint density at radius 2 is 2.06 bits per heavy atom. The molecular weight excluding hydrogens is 404 g/mol. The number of methoxy groups -OCH3 is 1. The first-order valence-electron chi connectivity index (χ1n) is 9.92. The van der Waals surface area contributed by atoms with Gasteiger partial charge in [-0.1, -0.05) is 40.5 Å². The molecule has 2 aromatic rings. The van der Waals surface area contributed by atoms with Crippen molar-refractivity contribution in [2.75, 3.05) is 19.1 Å². The third-order valence-electron chi connectivity index (χ3n) is 4.26. The van der Waals surface area contributed by atoms with E-state index in [1.807, 2.05) is 20.8 Å². The van der Waals surface area contributed by atoms with Crippen LogP contribution >= 0.6 is 0 Å². The number of rotatable bonds is 10. The maximum Gasteiger partial charge on any atom is 0.363 e. The van der Waals surface area contributed by atoms with Crippen molar-refractivity contribution in [3.05, 3.63) is 44.0 Å². The van der Waals surface area contributed by atoms with E-state index >= 15 is 0 Å². The van der Waals surface area contributed by atoms with Gasteiger partial charge in [-0.2, -0.15) is 15.2 Å². The van der Waals surface area contributed by atoms with Crippen molar-refractivity contribution < 1.29 is 14.4 Å². The highest BCUT2D eigenvalue weighted by Gasteiger charge is 2.23. The van der Waals surface area contributed by atoms with Gasteiger partial charge in [0.25, 0.3) is 0 Å². The summed E-state index contributed by atoms with van der Waals surface area (Å²) in [6.07, 6.45) is 4.14. The zero-order valence-corrected chi connectivity index (χ0v) is 18.4. The molecule has 0 saturated heterocycles. The summed E-state index contributed by atoms with van der Waals surface area (Å²) in [6, 6.07) is 2.93. The van der Waals surface area contributed by atoms with Crippen molar-refractivity contribution in [1.29, 1.82) is 0 Å². The highest BCUT2D eigenvalue weighted by Crippen LogP contribution is 2.38. The van der Waals surface area contributed by atoms with E-state index in [1.165, 1.54) is 19.4 Å². The second-order valence-corrected chi connectivity index (χ2v) is 7.84. The number of ether oxygens (including phenoxy) is 2. The summed E-state index contributed by atoms with van der Waals surface area (Å²) in [7, 11) is 1.42. The summed E-state index contributed by atoms with van der Waals surface area (Å²) < 4.78 is 10.9.